The summed E-state index contributed by atoms with van der Waals surface area (Å²) in [6.45, 7) is 2.50. The van der Waals surface area contributed by atoms with Gasteiger partial charge in [-0.3, -0.25) is 0 Å². The standard InChI is InChI=1S/C13H19FN2O/c1-2-16(11-5-3-4-6-11)13-12(14)10(9-17)7-8-15-13/h7-8,11,17H,2-6,9H2,1H3. The van der Waals surface area contributed by atoms with Gasteiger partial charge in [0.1, 0.15) is 0 Å². The van der Waals surface area contributed by atoms with Crippen molar-refractivity contribution >= 4 is 5.82 Å². The van der Waals surface area contributed by atoms with Gasteiger partial charge in [-0.25, -0.2) is 9.37 Å². The van der Waals surface area contributed by atoms with Gasteiger partial charge >= 0.3 is 0 Å². The van der Waals surface area contributed by atoms with Crippen LogP contribution in [0.4, 0.5) is 10.2 Å². The van der Waals surface area contributed by atoms with Crippen LogP contribution in [0.2, 0.25) is 0 Å². The van der Waals surface area contributed by atoms with Gasteiger partial charge in [-0.05, 0) is 25.8 Å². The highest BCUT2D eigenvalue weighted by Gasteiger charge is 2.25. The number of rotatable bonds is 4. The maximum absolute atomic E-state index is 14.1. The van der Waals surface area contributed by atoms with E-state index in [9.17, 15) is 4.39 Å². The second kappa shape index (κ2) is 5.45. The molecule has 4 heteroatoms. The highest BCUT2D eigenvalue weighted by Crippen LogP contribution is 2.29. The molecule has 1 saturated carbocycles. The van der Waals surface area contributed by atoms with Crippen LogP contribution < -0.4 is 4.90 Å². The van der Waals surface area contributed by atoms with Crippen molar-refractivity contribution in [3.8, 4) is 0 Å². The lowest BCUT2D eigenvalue weighted by molar-refractivity contribution is 0.275. The van der Waals surface area contributed by atoms with Crippen molar-refractivity contribution in [2.75, 3.05) is 11.4 Å². The second-order valence-electron chi connectivity index (χ2n) is 4.49. The van der Waals surface area contributed by atoms with E-state index in [4.69, 9.17) is 5.11 Å². The van der Waals surface area contributed by atoms with Gasteiger partial charge in [0.2, 0.25) is 0 Å². The largest absolute Gasteiger partial charge is 0.392 e. The maximum Gasteiger partial charge on any atom is 0.171 e. The number of pyridine rings is 1. The van der Waals surface area contributed by atoms with Crippen molar-refractivity contribution in [1.82, 2.24) is 4.98 Å². The molecule has 1 aliphatic rings. The molecule has 2 rings (SSSR count). The number of aliphatic hydroxyl groups is 1. The molecule has 0 radical (unpaired) electrons. The topological polar surface area (TPSA) is 36.4 Å². The summed E-state index contributed by atoms with van der Waals surface area (Å²) in [5.74, 6) is 0.0229. The van der Waals surface area contributed by atoms with Crippen LogP contribution in [0.15, 0.2) is 12.3 Å². The fourth-order valence-electron chi connectivity index (χ4n) is 2.59. The van der Waals surface area contributed by atoms with E-state index < -0.39 is 0 Å². The minimum absolute atomic E-state index is 0.274. The molecule has 1 N–H and O–H groups in total. The average Bonchev–Trinajstić information content (AvgIpc) is 2.86. The molecule has 0 amide bonds. The van der Waals surface area contributed by atoms with Crippen LogP contribution in [0.3, 0.4) is 0 Å². The van der Waals surface area contributed by atoms with E-state index in [1.54, 1.807) is 6.20 Å². The smallest absolute Gasteiger partial charge is 0.171 e. The van der Waals surface area contributed by atoms with E-state index in [-0.39, 0.29) is 12.4 Å². The molecule has 1 aromatic rings. The second-order valence-corrected chi connectivity index (χ2v) is 4.49. The first-order chi connectivity index (χ1) is 8.27. The van der Waals surface area contributed by atoms with Crippen LogP contribution in [0.1, 0.15) is 38.2 Å². The molecule has 3 nitrogen and oxygen atoms in total. The van der Waals surface area contributed by atoms with Crippen molar-refractivity contribution in [3.05, 3.63) is 23.6 Å². The first-order valence-corrected chi connectivity index (χ1v) is 6.28. The van der Waals surface area contributed by atoms with E-state index in [0.717, 1.165) is 19.4 Å². The fourth-order valence-corrected chi connectivity index (χ4v) is 2.59. The van der Waals surface area contributed by atoms with Gasteiger partial charge in [0.05, 0.1) is 6.61 Å². The Morgan fingerprint density at radius 1 is 1.47 bits per heavy atom. The molecule has 0 aromatic carbocycles. The molecule has 1 heterocycles. The Bertz CT molecular complexity index is 378. The van der Waals surface area contributed by atoms with Crippen molar-refractivity contribution in [1.29, 1.82) is 0 Å². The normalized spacial score (nSPS) is 16.4. The van der Waals surface area contributed by atoms with Crippen molar-refractivity contribution in [2.24, 2.45) is 0 Å². The third kappa shape index (κ3) is 2.41. The van der Waals surface area contributed by atoms with Crippen LogP contribution in [0, 0.1) is 5.82 Å². The van der Waals surface area contributed by atoms with Crippen LogP contribution in [-0.4, -0.2) is 22.7 Å². The van der Waals surface area contributed by atoms with E-state index in [1.165, 1.54) is 18.9 Å². The number of hydrogen-bond donors (Lipinski definition) is 1. The number of anilines is 1. The van der Waals surface area contributed by atoms with Crippen LogP contribution in [-0.2, 0) is 6.61 Å². The number of hydrogen-bond acceptors (Lipinski definition) is 3. The van der Waals surface area contributed by atoms with E-state index in [0.29, 0.717) is 17.4 Å². The zero-order chi connectivity index (χ0) is 12.3. The first-order valence-electron chi connectivity index (χ1n) is 6.28. The van der Waals surface area contributed by atoms with Gasteiger partial charge in [-0.2, -0.15) is 0 Å². The minimum atomic E-state index is -0.372. The molecule has 0 unspecified atom stereocenters. The quantitative estimate of drug-likeness (QED) is 0.875. The van der Waals surface area contributed by atoms with E-state index >= 15 is 0 Å². The van der Waals surface area contributed by atoms with E-state index in [1.807, 2.05) is 11.8 Å². The predicted octanol–water partition coefficient (Wildman–Crippen LogP) is 2.48. The highest BCUT2D eigenvalue weighted by molar-refractivity contribution is 5.44. The van der Waals surface area contributed by atoms with Crippen molar-refractivity contribution in [3.63, 3.8) is 0 Å². The molecule has 0 atom stereocenters. The summed E-state index contributed by atoms with van der Waals surface area (Å²) in [7, 11) is 0. The Hall–Kier alpha value is -1.16. The zero-order valence-electron chi connectivity index (χ0n) is 10.2. The van der Waals surface area contributed by atoms with Gasteiger partial charge in [0.25, 0.3) is 0 Å². The molecule has 0 spiro atoms. The van der Waals surface area contributed by atoms with Gasteiger partial charge < -0.3 is 10.0 Å². The van der Waals surface area contributed by atoms with Crippen LogP contribution in [0.5, 0.6) is 0 Å². The summed E-state index contributed by atoms with van der Waals surface area (Å²) < 4.78 is 14.1. The molecular weight excluding hydrogens is 219 g/mol. The van der Waals surface area contributed by atoms with Gasteiger partial charge in [0.15, 0.2) is 11.6 Å². The summed E-state index contributed by atoms with van der Waals surface area (Å²) in [4.78, 5) is 6.17. The minimum Gasteiger partial charge on any atom is -0.392 e. The third-order valence-electron chi connectivity index (χ3n) is 3.50. The summed E-state index contributed by atoms with van der Waals surface area (Å²) in [6.07, 6.45) is 6.21. The summed E-state index contributed by atoms with van der Waals surface area (Å²) in [5.41, 5.74) is 0.325. The monoisotopic (exact) mass is 238 g/mol. The zero-order valence-corrected chi connectivity index (χ0v) is 10.2. The van der Waals surface area contributed by atoms with Gasteiger partial charge in [-0.1, -0.05) is 12.8 Å². The number of aliphatic hydroxyl groups excluding tert-OH is 1. The molecule has 0 bridgehead atoms. The van der Waals surface area contributed by atoms with Gasteiger partial charge in [0, 0.05) is 24.3 Å². The molecule has 1 aliphatic carbocycles. The number of nitrogens with zero attached hydrogens (tertiary/aromatic N) is 2. The SMILES string of the molecule is CCN(c1nccc(CO)c1F)C1CCCC1. The van der Waals surface area contributed by atoms with E-state index in [2.05, 4.69) is 4.98 Å². The molecule has 0 aliphatic heterocycles. The van der Waals surface area contributed by atoms with Gasteiger partial charge in [-0.15, -0.1) is 0 Å². The summed E-state index contributed by atoms with van der Waals surface area (Å²) in [5, 5.41) is 9.08. The Morgan fingerprint density at radius 3 is 2.76 bits per heavy atom. The maximum atomic E-state index is 14.1. The summed E-state index contributed by atoms with van der Waals surface area (Å²) >= 11 is 0. The first kappa shape index (κ1) is 12.3. The number of aromatic nitrogens is 1. The Kier molecular flexibility index (Phi) is 3.94. The molecule has 17 heavy (non-hydrogen) atoms. The third-order valence-corrected chi connectivity index (χ3v) is 3.50. The van der Waals surface area contributed by atoms with Crippen molar-refractivity contribution < 1.29 is 9.50 Å². The molecule has 1 fully saturated rings. The average molecular weight is 238 g/mol. The lowest BCUT2D eigenvalue weighted by Gasteiger charge is -2.29. The highest BCUT2D eigenvalue weighted by atomic mass is 19.1. The lowest BCUT2D eigenvalue weighted by atomic mass is 10.2. The summed E-state index contributed by atoms with van der Waals surface area (Å²) in [6, 6.07) is 1.93. The molecule has 0 saturated heterocycles. The van der Waals surface area contributed by atoms with Crippen LogP contribution >= 0.6 is 0 Å². The molecule has 94 valence electrons. The molecule has 1 aromatic heterocycles. The lowest BCUT2D eigenvalue weighted by Crippen LogP contribution is -2.34. The Morgan fingerprint density at radius 2 is 2.18 bits per heavy atom. The predicted molar refractivity (Wildman–Crippen MR) is 65.4 cm³/mol. The molecular formula is C13H19FN2O. The fraction of sp³-hybridized carbons (Fsp3) is 0.615. The number of halogens is 1. The van der Waals surface area contributed by atoms with Crippen LogP contribution in [0.25, 0.3) is 0 Å². The van der Waals surface area contributed by atoms with Crippen molar-refractivity contribution in [2.45, 2.75) is 45.3 Å². The Labute approximate surface area is 101 Å². The Balaban J connectivity index is 2.29.